The topological polar surface area (TPSA) is 20.9 Å². The summed E-state index contributed by atoms with van der Waals surface area (Å²) in [6.45, 7) is 2.68. The van der Waals surface area contributed by atoms with Crippen molar-refractivity contribution in [2.45, 2.75) is 84.1 Å². The molecule has 0 unspecified atom stereocenters. The van der Waals surface area contributed by atoms with Crippen molar-refractivity contribution < 1.29 is 97.2 Å². The fourth-order valence-electron chi connectivity index (χ4n) is 8.33. The first-order valence-electron chi connectivity index (χ1n) is 21.8. The molecule has 1 aromatic heterocycles. The van der Waals surface area contributed by atoms with Gasteiger partial charge in [-0.3, -0.25) is 4.79 Å². The van der Waals surface area contributed by atoms with E-state index >= 15 is 35.1 Å². The molecule has 0 spiro atoms. The van der Waals surface area contributed by atoms with Crippen LogP contribution in [-0.2, 0) is 13.0 Å². The summed E-state index contributed by atoms with van der Waals surface area (Å²) >= 11 is 0. The number of hydrogen-bond donors (Lipinski definition) is 0. The predicted octanol–water partition coefficient (Wildman–Crippen LogP) is 12.2. The Bertz CT molecular complexity index is 2570. The molecule has 72 heavy (non-hydrogen) atoms. The predicted molar refractivity (Wildman–Crippen MR) is 222 cm³/mol. The number of benzene rings is 5. The summed E-state index contributed by atoms with van der Waals surface area (Å²) in [5.74, 6) is -71.2. The van der Waals surface area contributed by atoms with E-state index in [1.54, 1.807) is 0 Å². The molecule has 1 heterocycles. The van der Waals surface area contributed by atoms with Gasteiger partial charge in [-0.1, -0.05) is 95.0 Å². The fraction of sp³-hybridized carbons (Fsp3) is 0.265. The van der Waals surface area contributed by atoms with Gasteiger partial charge in [0.15, 0.2) is 82.2 Å². The smallest absolute Gasteiger partial charge is 0.227 e. The minimum Gasteiger partial charge on any atom is -0.287 e. The first kappa shape index (κ1) is 56.5. The minimum atomic E-state index is -7.22. The lowest BCUT2D eigenvalue weighted by atomic mass is 9.12. The average molecular weight is 1050 g/mol. The summed E-state index contributed by atoms with van der Waals surface area (Å²) in [6.07, 6.45) is 11.7. The third-order valence-corrected chi connectivity index (χ3v) is 11.9. The number of carbonyl (C=O) groups is 1. The Morgan fingerprint density at radius 3 is 0.917 bits per heavy atom. The lowest BCUT2D eigenvalue weighted by Crippen LogP contribution is -2.81. The molecular weight excluding hydrogens is 1010 g/mol. The maximum Gasteiger partial charge on any atom is 0.227 e. The Labute approximate surface area is 396 Å². The van der Waals surface area contributed by atoms with E-state index in [2.05, 4.69) is 19.1 Å². The zero-order valence-electron chi connectivity index (χ0n) is 37.2. The number of nitrogens with zero attached hydrogens (tertiary/aromatic N) is 1. The first-order valence-corrected chi connectivity index (χ1v) is 21.8. The number of halogens is 20. The third kappa shape index (κ3) is 10.8. The van der Waals surface area contributed by atoms with Gasteiger partial charge in [-0.05, 0) is 18.4 Å². The molecule has 0 aliphatic carbocycles. The lowest BCUT2D eigenvalue weighted by molar-refractivity contribution is -0.683. The number of Topliss-reactive ketones (excluding diaryl/α,β-unsaturated/α-hetero) is 1. The molecule has 5 aromatic carbocycles. The first-order chi connectivity index (χ1) is 34.0. The molecule has 0 saturated heterocycles. The van der Waals surface area contributed by atoms with Crippen LogP contribution in [0.4, 0.5) is 87.8 Å². The van der Waals surface area contributed by atoms with Gasteiger partial charge in [0.2, 0.25) is 12.3 Å². The molecule has 0 atom stereocenters. The summed E-state index contributed by atoms with van der Waals surface area (Å²) in [5, 5.41) is 0. The van der Waals surface area contributed by atoms with Crippen LogP contribution >= 0.6 is 0 Å². The Hall–Kier alpha value is -6.42. The van der Waals surface area contributed by atoms with Crippen molar-refractivity contribution >= 4 is 33.8 Å². The third-order valence-electron chi connectivity index (χ3n) is 11.9. The molecule has 0 amide bonds. The standard InChI is InChI=1S/C25H36NO.C24BF20/c1-2-3-4-5-6-7-8-9-10-12-15-23-18-20-26(21-19-23)22-25(27)24-16-13-11-14-17-24;26-5-1(6(27)14(35)21(42)13(5)34)25(2-7(28)15(36)22(43)16(37)8(2)29,3-9(30)17(38)23(44)18(39)10(3)31)4-11(32)19(40)24(45)20(41)12(4)33/h11,13-14,16-21H,2-10,12,15,22H2,1H3;/q+1;-1. The number of rotatable bonds is 18. The van der Waals surface area contributed by atoms with Crippen molar-refractivity contribution in [3.63, 3.8) is 0 Å². The highest BCUT2D eigenvalue weighted by molar-refractivity contribution is 7.20. The second-order valence-corrected chi connectivity index (χ2v) is 16.4. The summed E-state index contributed by atoms with van der Waals surface area (Å²) in [5.41, 5.74) is -12.2. The molecule has 0 fully saturated rings. The van der Waals surface area contributed by atoms with E-state index in [0.717, 1.165) is 12.0 Å². The van der Waals surface area contributed by atoms with Crippen LogP contribution in [0.15, 0.2) is 54.9 Å². The number of hydrogen-bond acceptors (Lipinski definition) is 1. The van der Waals surface area contributed by atoms with Crippen LogP contribution in [0, 0.1) is 116 Å². The maximum absolute atomic E-state index is 15.4. The van der Waals surface area contributed by atoms with Gasteiger partial charge in [-0.2, -0.15) is 4.57 Å². The van der Waals surface area contributed by atoms with Crippen LogP contribution < -0.4 is 26.4 Å². The van der Waals surface area contributed by atoms with Crippen molar-refractivity contribution in [2.24, 2.45) is 0 Å². The molecule has 23 heteroatoms. The van der Waals surface area contributed by atoms with Crippen molar-refractivity contribution in [2.75, 3.05) is 0 Å². The normalized spacial score (nSPS) is 11.6. The van der Waals surface area contributed by atoms with Crippen molar-refractivity contribution in [3.8, 4) is 0 Å². The zero-order chi connectivity index (χ0) is 53.5. The lowest BCUT2D eigenvalue weighted by Gasteiger charge is -2.44. The SMILES string of the molecule is CCCCCCCCCCCCc1cc[n+](CC(=O)c2ccccc2)cc1.Fc1c(F)c(F)c([B-](c2c(F)c(F)c(F)c(F)c2F)(c2c(F)c(F)c(F)c(F)c2F)c2c(F)c(F)c(F)c(F)c2F)c(F)c1F. The quantitative estimate of drug-likeness (QED) is 0.0160. The Balaban J connectivity index is 0.000000304. The van der Waals surface area contributed by atoms with E-state index in [1.807, 2.05) is 47.3 Å². The summed E-state index contributed by atoms with van der Waals surface area (Å²) in [7, 11) is 0. The molecule has 6 rings (SSSR count). The summed E-state index contributed by atoms with van der Waals surface area (Å²) < 4.78 is 296. The maximum atomic E-state index is 15.4. The molecule has 0 aliphatic heterocycles. The highest BCUT2D eigenvalue weighted by Crippen LogP contribution is 2.31. The van der Waals surface area contributed by atoms with E-state index < -0.39 is 144 Å². The highest BCUT2D eigenvalue weighted by Gasteiger charge is 2.52. The van der Waals surface area contributed by atoms with Crippen LogP contribution in [0.5, 0.6) is 0 Å². The van der Waals surface area contributed by atoms with Gasteiger partial charge in [0.25, 0.3) is 0 Å². The summed E-state index contributed by atoms with van der Waals surface area (Å²) in [4.78, 5) is 12.2. The number of ketones is 1. The van der Waals surface area contributed by atoms with Crippen molar-refractivity contribution in [1.29, 1.82) is 0 Å². The monoisotopic (exact) mass is 1050 g/mol. The van der Waals surface area contributed by atoms with E-state index in [1.165, 1.54) is 69.8 Å². The second-order valence-electron chi connectivity index (χ2n) is 16.4. The van der Waals surface area contributed by atoms with Gasteiger partial charge in [0, 0.05) is 17.7 Å². The Kier molecular flexibility index (Phi) is 18.7. The van der Waals surface area contributed by atoms with Gasteiger partial charge in [0.1, 0.15) is 52.7 Å². The molecule has 0 saturated carbocycles. The highest BCUT2D eigenvalue weighted by atomic mass is 19.2. The average Bonchev–Trinajstić information content (AvgIpc) is 3.37. The minimum absolute atomic E-state index is 0.156. The van der Waals surface area contributed by atoms with Crippen molar-refractivity contribution in [1.82, 2.24) is 0 Å². The summed E-state index contributed by atoms with van der Waals surface area (Å²) in [6, 6.07) is 13.8. The number of aromatic nitrogens is 1. The number of pyridine rings is 1. The molecule has 0 N–H and O–H groups in total. The van der Waals surface area contributed by atoms with Gasteiger partial charge >= 0.3 is 0 Å². The molecule has 0 bridgehead atoms. The van der Waals surface area contributed by atoms with Gasteiger partial charge < -0.3 is 0 Å². The Morgan fingerprint density at radius 1 is 0.361 bits per heavy atom. The number of aryl methyl sites for hydroxylation is 1. The van der Waals surface area contributed by atoms with Crippen LogP contribution in [0.2, 0.25) is 0 Å². The van der Waals surface area contributed by atoms with Crippen LogP contribution in [-0.4, -0.2) is 11.9 Å². The van der Waals surface area contributed by atoms with Crippen LogP contribution in [0.1, 0.15) is 87.1 Å². The van der Waals surface area contributed by atoms with Crippen LogP contribution in [0.25, 0.3) is 0 Å². The van der Waals surface area contributed by atoms with Gasteiger partial charge in [0.05, 0.1) is 0 Å². The van der Waals surface area contributed by atoms with Crippen molar-refractivity contribution in [3.05, 3.63) is 182 Å². The molecule has 0 aliphatic rings. The molecule has 2 nitrogen and oxygen atoms in total. The largest absolute Gasteiger partial charge is 0.287 e. The Morgan fingerprint density at radius 2 is 0.625 bits per heavy atom. The molecule has 386 valence electrons. The zero-order valence-corrected chi connectivity index (χ0v) is 37.2. The number of carbonyl (C=O) groups excluding carboxylic acids is 1. The molecule has 6 aromatic rings. The number of unbranched alkanes of at least 4 members (excludes halogenated alkanes) is 9. The second kappa shape index (κ2) is 23.9. The van der Waals surface area contributed by atoms with Crippen LogP contribution in [0.3, 0.4) is 0 Å². The molecule has 0 radical (unpaired) electrons. The van der Waals surface area contributed by atoms with Gasteiger partial charge in [-0.15, -0.1) is 21.9 Å². The molecular formula is C49H36BF20NO. The van der Waals surface area contributed by atoms with E-state index in [-0.39, 0.29) is 5.78 Å². The van der Waals surface area contributed by atoms with E-state index in [9.17, 15) is 57.5 Å². The van der Waals surface area contributed by atoms with E-state index in [4.69, 9.17) is 0 Å². The van der Waals surface area contributed by atoms with E-state index in [0.29, 0.717) is 6.54 Å². The van der Waals surface area contributed by atoms with Gasteiger partial charge in [-0.25, -0.2) is 87.8 Å². The fourth-order valence-corrected chi connectivity index (χ4v) is 8.33.